The fourth-order valence-electron chi connectivity index (χ4n) is 3.71. The third-order valence-electron chi connectivity index (χ3n) is 5.54. The molecule has 35 heavy (non-hydrogen) atoms. The number of carbonyl (C=O) groups excluding carboxylic acids is 1. The molecule has 0 radical (unpaired) electrons. The maximum Gasteiger partial charge on any atom is 0.328 e. The van der Waals surface area contributed by atoms with E-state index in [4.69, 9.17) is 14.0 Å². The number of carboxylic acids is 1. The Morgan fingerprint density at radius 3 is 2.49 bits per heavy atom. The molecular formula is C27H26N2O6. The number of benzene rings is 3. The summed E-state index contributed by atoms with van der Waals surface area (Å²) in [7, 11) is 0. The molecule has 0 saturated carbocycles. The highest BCUT2D eigenvalue weighted by Gasteiger charge is 2.29. The van der Waals surface area contributed by atoms with E-state index in [0.29, 0.717) is 17.2 Å². The molecule has 0 fully saturated rings. The molecule has 1 amide bonds. The molecular weight excluding hydrogens is 448 g/mol. The molecule has 0 aliphatic heterocycles. The maximum absolute atomic E-state index is 13.3. The van der Waals surface area contributed by atoms with Gasteiger partial charge in [0.05, 0.1) is 18.3 Å². The number of carbonyl (C=O) groups is 2. The van der Waals surface area contributed by atoms with Gasteiger partial charge in [-0.05, 0) is 30.9 Å². The van der Waals surface area contributed by atoms with Crippen molar-refractivity contribution in [2.24, 2.45) is 0 Å². The second-order valence-corrected chi connectivity index (χ2v) is 8.17. The standard InChI is InChI=1S/C27H26N2O6/c1-17-14-21(29-35-17)16-34-25-22-11-7-6-10-20(22)12-13-23(25)26(30)28-24(27(31)32)18(2)33-15-19-8-4-3-5-9-19/h3-14,18,24H,15-16H2,1-2H3,(H,28,30)(H,31,32). The summed E-state index contributed by atoms with van der Waals surface area (Å²) in [6.45, 7) is 3.71. The summed E-state index contributed by atoms with van der Waals surface area (Å²) in [4.78, 5) is 25.3. The SMILES string of the molecule is Cc1cc(COc2c(C(=O)NC(C(=O)O)C(C)OCc3ccccc3)ccc3ccccc23)no1. The fraction of sp³-hybridized carbons (Fsp3) is 0.222. The number of aromatic nitrogens is 1. The molecule has 8 heteroatoms. The zero-order valence-corrected chi connectivity index (χ0v) is 19.4. The van der Waals surface area contributed by atoms with E-state index >= 15 is 0 Å². The van der Waals surface area contributed by atoms with E-state index in [1.807, 2.05) is 54.6 Å². The van der Waals surface area contributed by atoms with Crippen molar-refractivity contribution in [2.45, 2.75) is 39.2 Å². The molecule has 3 aromatic carbocycles. The molecule has 2 unspecified atom stereocenters. The van der Waals surface area contributed by atoms with Crippen LogP contribution in [0.3, 0.4) is 0 Å². The number of aryl methyl sites for hydroxylation is 1. The van der Waals surface area contributed by atoms with Crippen molar-refractivity contribution >= 4 is 22.6 Å². The van der Waals surface area contributed by atoms with Crippen LogP contribution < -0.4 is 10.1 Å². The molecule has 2 N–H and O–H groups in total. The van der Waals surface area contributed by atoms with E-state index in [1.165, 1.54) is 0 Å². The van der Waals surface area contributed by atoms with Crippen LogP contribution in [0.15, 0.2) is 77.3 Å². The molecule has 4 aromatic rings. The van der Waals surface area contributed by atoms with Crippen LogP contribution in [0.25, 0.3) is 10.8 Å². The van der Waals surface area contributed by atoms with Gasteiger partial charge in [0.25, 0.3) is 5.91 Å². The van der Waals surface area contributed by atoms with Gasteiger partial charge >= 0.3 is 5.97 Å². The Balaban J connectivity index is 1.55. The van der Waals surface area contributed by atoms with Crippen molar-refractivity contribution in [3.8, 4) is 5.75 Å². The third-order valence-corrected chi connectivity index (χ3v) is 5.54. The van der Waals surface area contributed by atoms with Gasteiger partial charge in [-0.15, -0.1) is 0 Å². The highest BCUT2D eigenvalue weighted by Crippen LogP contribution is 2.31. The van der Waals surface area contributed by atoms with Crippen molar-refractivity contribution in [1.29, 1.82) is 0 Å². The van der Waals surface area contributed by atoms with Crippen LogP contribution in [0.5, 0.6) is 5.75 Å². The van der Waals surface area contributed by atoms with Crippen molar-refractivity contribution in [3.05, 3.63) is 95.4 Å². The van der Waals surface area contributed by atoms with E-state index in [-0.39, 0.29) is 18.8 Å². The van der Waals surface area contributed by atoms with E-state index in [2.05, 4.69) is 10.5 Å². The predicted octanol–water partition coefficient (Wildman–Crippen LogP) is 4.50. The van der Waals surface area contributed by atoms with Gasteiger partial charge in [0.1, 0.15) is 23.8 Å². The molecule has 0 spiro atoms. The zero-order chi connectivity index (χ0) is 24.8. The average Bonchev–Trinajstić information content (AvgIpc) is 3.29. The molecule has 180 valence electrons. The molecule has 0 saturated heterocycles. The third kappa shape index (κ3) is 5.85. The van der Waals surface area contributed by atoms with Crippen LogP contribution in [0, 0.1) is 6.92 Å². The second-order valence-electron chi connectivity index (χ2n) is 8.17. The number of ether oxygens (including phenoxy) is 2. The van der Waals surface area contributed by atoms with Crippen LogP contribution in [-0.2, 0) is 22.7 Å². The van der Waals surface area contributed by atoms with Gasteiger partial charge in [0.2, 0.25) is 0 Å². The van der Waals surface area contributed by atoms with Crippen molar-refractivity contribution in [1.82, 2.24) is 10.5 Å². The van der Waals surface area contributed by atoms with Gasteiger partial charge in [-0.25, -0.2) is 4.79 Å². The van der Waals surface area contributed by atoms with Gasteiger partial charge in [-0.1, -0.05) is 65.8 Å². The highest BCUT2D eigenvalue weighted by atomic mass is 16.5. The van der Waals surface area contributed by atoms with E-state index in [9.17, 15) is 14.7 Å². The minimum absolute atomic E-state index is 0.0879. The Kier molecular flexibility index (Phi) is 7.42. The molecule has 1 heterocycles. The summed E-state index contributed by atoms with van der Waals surface area (Å²) in [6.07, 6.45) is -0.778. The van der Waals surface area contributed by atoms with Crippen LogP contribution in [0.4, 0.5) is 0 Å². The molecule has 2 atom stereocenters. The van der Waals surface area contributed by atoms with Gasteiger partial charge in [-0.2, -0.15) is 0 Å². The first kappa shape index (κ1) is 24.0. The summed E-state index contributed by atoms with van der Waals surface area (Å²) in [5.41, 5.74) is 1.70. The maximum atomic E-state index is 13.3. The number of hydrogen-bond donors (Lipinski definition) is 2. The molecule has 0 aliphatic carbocycles. The monoisotopic (exact) mass is 474 g/mol. The smallest absolute Gasteiger partial charge is 0.328 e. The first-order valence-electron chi connectivity index (χ1n) is 11.2. The van der Waals surface area contributed by atoms with Gasteiger partial charge in [0, 0.05) is 11.5 Å². The van der Waals surface area contributed by atoms with E-state index in [1.54, 1.807) is 32.0 Å². The number of fused-ring (bicyclic) bond motifs is 1. The topological polar surface area (TPSA) is 111 Å². The van der Waals surface area contributed by atoms with Crippen molar-refractivity contribution in [2.75, 3.05) is 0 Å². The minimum Gasteiger partial charge on any atom is -0.486 e. The first-order chi connectivity index (χ1) is 16.9. The number of carboxylic acid groups (broad SMARTS) is 1. The van der Waals surface area contributed by atoms with Crippen LogP contribution in [0.2, 0.25) is 0 Å². The predicted molar refractivity (Wildman–Crippen MR) is 129 cm³/mol. The molecule has 1 aromatic heterocycles. The average molecular weight is 475 g/mol. The Bertz CT molecular complexity index is 1320. The van der Waals surface area contributed by atoms with Crippen LogP contribution in [-0.4, -0.2) is 34.3 Å². The normalized spacial score (nSPS) is 12.7. The number of nitrogens with zero attached hydrogens (tertiary/aromatic N) is 1. The Hall–Kier alpha value is -4.17. The summed E-state index contributed by atoms with van der Waals surface area (Å²) in [6, 6.07) is 20.8. The zero-order valence-electron chi connectivity index (χ0n) is 19.4. The molecule has 0 bridgehead atoms. The number of aliphatic carboxylic acids is 1. The van der Waals surface area contributed by atoms with Gasteiger partial charge in [-0.3, -0.25) is 4.79 Å². The highest BCUT2D eigenvalue weighted by molar-refractivity contribution is 6.04. The molecule has 0 aliphatic rings. The largest absolute Gasteiger partial charge is 0.486 e. The Morgan fingerprint density at radius 1 is 1.03 bits per heavy atom. The van der Waals surface area contributed by atoms with E-state index < -0.39 is 24.0 Å². The summed E-state index contributed by atoms with van der Waals surface area (Å²) >= 11 is 0. The van der Waals surface area contributed by atoms with Gasteiger partial charge in [0.15, 0.2) is 6.04 Å². The lowest BCUT2D eigenvalue weighted by Crippen LogP contribution is -2.48. The van der Waals surface area contributed by atoms with E-state index in [0.717, 1.165) is 16.3 Å². The number of rotatable bonds is 10. The quantitative estimate of drug-likeness (QED) is 0.348. The molecule has 8 nitrogen and oxygen atoms in total. The number of nitrogens with one attached hydrogen (secondary N) is 1. The lowest BCUT2D eigenvalue weighted by Gasteiger charge is -2.23. The van der Waals surface area contributed by atoms with Crippen LogP contribution in [0.1, 0.15) is 34.3 Å². The Morgan fingerprint density at radius 2 is 1.77 bits per heavy atom. The fourth-order valence-corrected chi connectivity index (χ4v) is 3.71. The number of amides is 1. The van der Waals surface area contributed by atoms with Crippen LogP contribution >= 0.6 is 0 Å². The first-order valence-corrected chi connectivity index (χ1v) is 11.2. The second kappa shape index (κ2) is 10.8. The Labute approximate surface area is 202 Å². The minimum atomic E-state index is -1.26. The lowest BCUT2D eigenvalue weighted by atomic mass is 10.0. The van der Waals surface area contributed by atoms with Gasteiger partial charge < -0.3 is 24.4 Å². The summed E-state index contributed by atoms with van der Waals surface area (Å²) in [5, 5.41) is 17.9. The lowest BCUT2D eigenvalue weighted by molar-refractivity contribution is -0.143. The summed E-state index contributed by atoms with van der Waals surface area (Å²) < 4.78 is 16.9. The summed E-state index contributed by atoms with van der Waals surface area (Å²) in [5.74, 6) is -0.790. The number of hydrogen-bond acceptors (Lipinski definition) is 6. The van der Waals surface area contributed by atoms with Crippen molar-refractivity contribution in [3.63, 3.8) is 0 Å². The van der Waals surface area contributed by atoms with Crippen molar-refractivity contribution < 1.29 is 28.7 Å². The molecule has 4 rings (SSSR count).